The van der Waals surface area contributed by atoms with E-state index in [0.29, 0.717) is 117 Å². The van der Waals surface area contributed by atoms with E-state index in [1.165, 1.54) is 36.4 Å². The summed E-state index contributed by atoms with van der Waals surface area (Å²) in [5, 5.41) is 13.8. The van der Waals surface area contributed by atoms with Crippen LogP contribution in [0.15, 0.2) is 202 Å². The van der Waals surface area contributed by atoms with Crippen LogP contribution >= 0.6 is 0 Å². The van der Waals surface area contributed by atoms with Crippen molar-refractivity contribution in [1.82, 2.24) is 99.3 Å². The lowest BCUT2D eigenvalue weighted by molar-refractivity contribution is 0.0681. The number of nitrogens with one attached hydrogen (secondary N) is 4. The van der Waals surface area contributed by atoms with Gasteiger partial charge in [0.25, 0.3) is 23.6 Å². The lowest BCUT2D eigenvalue weighted by Crippen LogP contribution is -2.48. The average molecular weight is 1600 g/mol. The molecule has 12 aromatic rings. The van der Waals surface area contributed by atoms with E-state index in [1.54, 1.807) is 147 Å². The molecular formula is C88H85F3N24O4. The molecule has 0 radical (unpaired) electrons. The molecule has 31 heteroatoms. The van der Waals surface area contributed by atoms with Gasteiger partial charge in [0, 0.05) is 122 Å². The van der Waals surface area contributed by atoms with Gasteiger partial charge in [-0.05, 0) is 176 Å². The second-order valence-corrected chi connectivity index (χ2v) is 31.5. The summed E-state index contributed by atoms with van der Waals surface area (Å²) in [6.07, 6.45) is 34.5. The lowest BCUT2D eigenvalue weighted by Gasteiger charge is -2.34. The molecule has 4 amide bonds. The summed E-state index contributed by atoms with van der Waals surface area (Å²) in [6.45, 7) is 10.4. The fourth-order valence-corrected chi connectivity index (χ4v) is 18.2. The maximum Gasteiger partial charge on any atom is 0.257 e. The Bertz CT molecular complexity index is 5590. The molecule has 4 aliphatic carbocycles. The highest BCUT2D eigenvalue weighted by Crippen LogP contribution is 2.45. The molecule has 0 spiro atoms. The highest BCUT2D eigenvalue weighted by atomic mass is 19.1. The highest BCUT2D eigenvalue weighted by molar-refractivity contribution is 6.03. The summed E-state index contributed by atoms with van der Waals surface area (Å²) in [5.41, 5.74) is 6.99. The van der Waals surface area contributed by atoms with E-state index < -0.39 is 17.5 Å². The zero-order chi connectivity index (χ0) is 81.8. The third-order valence-corrected chi connectivity index (χ3v) is 23.5. The topological polar surface area (TPSA) is 336 Å². The minimum atomic E-state index is -0.554. The number of benzene rings is 4. The molecule has 28 nitrogen and oxygen atoms in total. The SMILES string of the molecule is Cc1cnc(NC2CC3CC2N(C(=O)c2c(F)cccc2-c2ncccn2)C3)cn1.Cc1cnc(NC2CC3CC2N(C(=O)c2cc(F)ccc2-c2ncccn2)C3)cn1.Cc1cnc(NC2CC3CC2N(C(=O)c2ccc(F)cc2-c2ncccn2)C3)cn1.Cc1cnc(NC2CC3CC2N(C(=O)c2ccccc2-c2ncccn2)C3)cn1. The Labute approximate surface area is 684 Å². The number of rotatable bonds is 16. The van der Waals surface area contributed by atoms with E-state index in [2.05, 4.69) is 101 Å². The van der Waals surface area contributed by atoms with Crippen molar-refractivity contribution in [3.63, 3.8) is 0 Å². The minimum absolute atomic E-state index is 0.0187. The molecule has 4 aromatic carbocycles. The molecule has 12 heterocycles. The van der Waals surface area contributed by atoms with Crippen molar-refractivity contribution >= 4 is 46.9 Å². The first kappa shape index (κ1) is 77.9. The van der Waals surface area contributed by atoms with Crippen LogP contribution in [0.2, 0.25) is 0 Å². The number of nitrogens with zero attached hydrogens (tertiary/aromatic N) is 20. The molecule has 4 saturated heterocycles. The summed E-state index contributed by atoms with van der Waals surface area (Å²) >= 11 is 0. The largest absolute Gasteiger partial charge is 0.364 e. The quantitative estimate of drug-likeness (QED) is 0.0698. The molecule has 602 valence electrons. The fraction of sp³-hybridized carbons (Fsp3) is 0.318. The predicted octanol–water partition coefficient (Wildman–Crippen LogP) is 12.2. The Balaban J connectivity index is 0.000000113. The molecule has 8 aromatic heterocycles. The predicted molar refractivity (Wildman–Crippen MR) is 437 cm³/mol. The van der Waals surface area contributed by atoms with Gasteiger partial charge in [-0.25, -0.2) is 73.0 Å². The number of halogens is 3. The normalized spacial score (nSPS) is 22.4. The minimum Gasteiger partial charge on any atom is -0.364 e. The summed E-state index contributed by atoms with van der Waals surface area (Å²) in [5.74, 6) is 4.29. The van der Waals surface area contributed by atoms with Crippen molar-refractivity contribution in [2.75, 3.05) is 47.4 Å². The van der Waals surface area contributed by atoms with Gasteiger partial charge in [-0.2, -0.15) is 0 Å². The Morgan fingerprint density at radius 1 is 0.303 bits per heavy atom. The van der Waals surface area contributed by atoms with E-state index in [9.17, 15) is 32.3 Å². The number of hydrogen-bond donors (Lipinski definition) is 4. The zero-order valence-corrected chi connectivity index (χ0v) is 65.7. The Kier molecular flexibility index (Phi) is 22.5. The van der Waals surface area contributed by atoms with E-state index in [0.717, 1.165) is 92.1 Å². The first-order valence-corrected chi connectivity index (χ1v) is 40.0. The molecule has 4 saturated carbocycles. The molecule has 4 N–H and O–H groups in total. The Morgan fingerprint density at radius 2 is 0.622 bits per heavy atom. The van der Waals surface area contributed by atoms with Crippen molar-refractivity contribution < 1.29 is 32.3 Å². The van der Waals surface area contributed by atoms with Crippen LogP contribution in [-0.4, -0.2) is 197 Å². The van der Waals surface area contributed by atoms with Gasteiger partial charge >= 0.3 is 0 Å². The van der Waals surface area contributed by atoms with Gasteiger partial charge in [-0.15, -0.1) is 0 Å². The maximum absolute atomic E-state index is 14.8. The van der Waals surface area contributed by atoms with Crippen LogP contribution in [0.1, 0.15) is 116 Å². The summed E-state index contributed by atoms with van der Waals surface area (Å²) in [4.78, 5) is 130. The molecule has 12 unspecified atom stereocenters. The molecule has 20 rings (SSSR count). The van der Waals surface area contributed by atoms with Crippen molar-refractivity contribution in [2.24, 2.45) is 23.7 Å². The van der Waals surface area contributed by atoms with Crippen LogP contribution in [0, 0.1) is 68.8 Å². The van der Waals surface area contributed by atoms with E-state index in [-0.39, 0.29) is 77.5 Å². The van der Waals surface area contributed by atoms with Gasteiger partial charge in [0.15, 0.2) is 23.3 Å². The van der Waals surface area contributed by atoms with Gasteiger partial charge in [-0.3, -0.25) is 39.1 Å². The van der Waals surface area contributed by atoms with Crippen LogP contribution < -0.4 is 21.3 Å². The van der Waals surface area contributed by atoms with Crippen molar-refractivity contribution in [2.45, 2.75) is 127 Å². The van der Waals surface area contributed by atoms with Crippen LogP contribution in [0.3, 0.4) is 0 Å². The number of aryl methyl sites for hydroxylation is 4. The number of anilines is 4. The summed E-state index contributed by atoms with van der Waals surface area (Å²) in [6, 6.07) is 28.1. The second-order valence-electron chi connectivity index (χ2n) is 31.5. The van der Waals surface area contributed by atoms with Crippen LogP contribution in [0.25, 0.3) is 45.6 Å². The van der Waals surface area contributed by atoms with Crippen LogP contribution in [0.4, 0.5) is 36.4 Å². The van der Waals surface area contributed by atoms with Gasteiger partial charge in [0.1, 0.15) is 40.7 Å². The van der Waals surface area contributed by atoms with Crippen LogP contribution in [0.5, 0.6) is 0 Å². The van der Waals surface area contributed by atoms with Crippen LogP contribution in [-0.2, 0) is 0 Å². The van der Waals surface area contributed by atoms with Crippen molar-refractivity contribution in [1.29, 1.82) is 0 Å². The molecule has 119 heavy (non-hydrogen) atoms. The average Bonchev–Trinajstić information content (AvgIpc) is 1.62. The number of carbonyl (C=O) groups excluding carboxylic acids is 4. The number of piperidine rings is 4. The number of likely N-dealkylation sites (tertiary alicyclic amines) is 4. The fourth-order valence-electron chi connectivity index (χ4n) is 18.2. The van der Waals surface area contributed by atoms with Gasteiger partial charge in [0.2, 0.25) is 0 Å². The van der Waals surface area contributed by atoms with E-state index in [1.807, 2.05) is 66.7 Å². The first-order chi connectivity index (χ1) is 57.9. The first-order valence-electron chi connectivity index (χ1n) is 40.0. The summed E-state index contributed by atoms with van der Waals surface area (Å²) in [7, 11) is 0. The Hall–Kier alpha value is -13.6. The van der Waals surface area contributed by atoms with Gasteiger partial charge in [-0.1, -0.05) is 30.3 Å². The van der Waals surface area contributed by atoms with Gasteiger partial charge in [0.05, 0.1) is 119 Å². The highest BCUT2D eigenvalue weighted by Gasteiger charge is 2.52. The number of fused-ring (bicyclic) bond motifs is 8. The number of hydrogen-bond acceptors (Lipinski definition) is 24. The molecular weight excluding hydrogens is 1510 g/mol. The second kappa shape index (κ2) is 34.3. The van der Waals surface area contributed by atoms with Crippen molar-refractivity contribution in [3.8, 4) is 45.6 Å². The monoisotopic (exact) mass is 1600 g/mol. The number of amides is 4. The Morgan fingerprint density at radius 3 is 1.00 bits per heavy atom. The zero-order valence-electron chi connectivity index (χ0n) is 65.7. The smallest absolute Gasteiger partial charge is 0.257 e. The van der Waals surface area contributed by atoms with E-state index >= 15 is 0 Å². The standard InChI is InChI=1S/3C22H21FN6O.C22H22N6O/c1-13-10-27-20(11-26-13)28-18-7-14-8-19(18)29(12-14)22(30)16-4-3-15(23)9-17(16)21-24-5-2-6-25-21;1-13-10-27-20(11-26-13)28-18-7-14-8-19(18)29(12-14)22(30)17-9-15(23)3-4-16(17)21-24-5-2-6-25-21;1-13-10-27-19(11-26-13)28-17-8-14-9-18(17)29(12-14)22(30)20-15(4-2-5-16(20)23)21-24-6-3-7-25-21;1-14-11-26-20(12-25-14)27-18-9-15-10-19(18)28(13-15)22(29)17-6-3-2-5-16(17)21-23-7-4-8-24-21/h2*2-6,9-11,14,18-19H,7-8,12H2,1H3,(H,27,28);2-7,10-11,14,17-18H,8-9,12H2,1H3,(H,27,28);2-8,11-12,15,18-19H,9-10,13H2,1H3,(H,26,27). The third kappa shape index (κ3) is 17.0. The third-order valence-electron chi connectivity index (χ3n) is 23.5. The molecule has 8 aliphatic rings. The van der Waals surface area contributed by atoms with E-state index in [4.69, 9.17) is 0 Å². The van der Waals surface area contributed by atoms with Crippen molar-refractivity contribution in [3.05, 3.63) is 265 Å². The molecule has 4 aliphatic heterocycles. The molecule has 12 atom stereocenters. The molecule has 8 bridgehead atoms. The van der Waals surface area contributed by atoms with Gasteiger partial charge < -0.3 is 40.9 Å². The molecule has 8 fully saturated rings. The lowest BCUT2D eigenvalue weighted by atomic mass is 10.0. The maximum atomic E-state index is 14.8. The number of aromatic nitrogens is 16. The number of carbonyl (C=O) groups is 4. The summed E-state index contributed by atoms with van der Waals surface area (Å²) < 4.78 is 42.8.